The van der Waals surface area contributed by atoms with E-state index in [1.54, 1.807) is 4.68 Å². The smallest absolute Gasteiger partial charge is 0.229 e. The van der Waals surface area contributed by atoms with E-state index in [0.29, 0.717) is 18.1 Å². The van der Waals surface area contributed by atoms with E-state index in [1.165, 1.54) is 0 Å². The number of benzene rings is 1. The molecular formula is C18H20ClN3O2. The van der Waals surface area contributed by atoms with E-state index in [2.05, 4.69) is 5.10 Å². The Hall–Kier alpha value is -2.01. The lowest BCUT2D eigenvalue weighted by Gasteiger charge is -2.31. The zero-order valence-electron chi connectivity index (χ0n) is 13.6. The lowest BCUT2D eigenvalue weighted by molar-refractivity contribution is -0.137. The summed E-state index contributed by atoms with van der Waals surface area (Å²) in [5, 5.41) is 4.93. The van der Waals surface area contributed by atoms with Crippen LogP contribution in [0.4, 0.5) is 0 Å². The molecule has 126 valence electrons. The van der Waals surface area contributed by atoms with Crippen molar-refractivity contribution < 1.29 is 9.53 Å². The molecule has 5 nitrogen and oxygen atoms in total. The van der Waals surface area contributed by atoms with Crippen molar-refractivity contribution in [1.82, 2.24) is 14.7 Å². The second-order valence-electron chi connectivity index (χ2n) is 6.60. The van der Waals surface area contributed by atoms with Crippen molar-refractivity contribution in [2.75, 3.05) is 13.2 Å². The molecule has 6 heteroatoms. The van der Waals surface area contributed by atoms with E-state index in [-0.39, 0.29) is 17.9 Å². The fraction of sp³-hybridized carbons (Fsp3) is 0.444. The standard InChI is InChI=1S/C18H20ClN3O2/c1-21-10-14(9-20-21)16-3-2-6-22(16)18(23)13-7-12-8-15(19)4-5-17(12)24-11-13/h4-5,8-10,13,16H,2-3,6-7,11H2,1H3/t13-,16+/m0/s1. The molecule has 2 aliphatic rings. The van der Waals surface area contributed by atoms with Crippen LogP contribution in [-0.4, -0.2) is 33.7 Å². The van der Waals surface area contributed by atoms with Gasteiger partial charge in [-0.25, -0.2) is 0 Å². The number of rotatable bonds is 2. The molecule has 0 spiro atoms. The molecule has 2 aromatic rings. The number of fused-ring (bicyclic) bond motifs is 1. The fourth-order valence-corrected chi connectivity index (χ4v) is 3.94. The van der Waals surface area contributed by atoms with Gasteiger partial charge in [-0.05, 0) is 43.0 Å². The third kappa shape index (κ3) is 2.77. The highest BCUT2D eigenvalue weighted by Crippen LogP contribution is 2.35. The summed E-state index contributed by atoms with van der Waals surface area (Å²) in [4.78, 5) is 15.1. The number of amides is 1. The van der Waals surface area contributed by atoms with Crippen molar-refractivity contribution in [3.05, 3.63) is 46.7 Å². The minimum atomic E-state index is -0.145. The van der Waals surface area contributed by atoms with E-state index in [4.69, 9.17) is 16.3 Å². The molecule has 4 rings (SSSR count). The van der Waals surface area contributed by atoms with Crippen molar-refractivity contribution in [1.29, 1.82) is 0 Å². The quantitative estimate of drug-likeness (QED) is 0.840. The zero-order valence-corrected chi connectivity index (χ0v) is 14.4. The van der Waals surface area contributed by atoms with Gasteiger partial charge < -0.3 is 9.64 Å². The lowest BCUT2D eigenvalue weighted by Crippen LogP contribution is -2.40. The third-order valence-corrected chi connectivity index (χ3v) is 5.16. The number of ether oxygens (including phenoxy) is 1. The van der Waals surface area contributed by atoms with Gasteiger partial charge in [0.05, 0.1) is 18.2 Å². The molecule has 2 atom stereocenters. The summed E-state index contributed by atoms with van der Waals surface area (Å²) in [7, 11) is 1.90. The van der Waals surface area contributed by atoms with Crippen molar-refractivity contribution >= 4 is 17.5 Å². The second-order valence-corrected chi connectivity index (χ2v) is 7.04. The summed E-state index contributed by atoms with van der Waals surface area (Å²) in [5.41, 5.74) is 2.13. The first kappa shape index (κ1) is 15.5. The van der Waals surface area contributed by atoms with Crippen LogP contribution in [0.15, 0.2) is 30.6 Å². The van der Waals surface area contributed by atoms with Gasteiger partial charge in [-0.2, -0.15) is 5.10 Å². The van der Waals surface area contributed by atoms with Crippen LogP contribution in [0.3, 0.4) is 0 Å². The lowest BCUT2D eigenvalue weighted by atomic mass is 9.95. The first-order valence-corrected chi connectivity index (χ1v) is 8.70. The third-order valence-electron chi connectivity index (χ3n) is 4.92. The van der Waals surface area contributed by atoms with Gasteiger partial charge in [-0.1, -0.05) is 11.6 Å². The van der Waals surface area contributed by atoms with Gasteiger partial charge in [0.2, 0.25) is 5.91 Å². The Morgan fingerprint density at radius 3 is 3.08 bits per heavy atom. The van der Waals surface area contributed by atoms with Crippen LogP contribution in [0, 0.1) is 5.92 Å². The number of halogens is 1. The molecule has 0 radical (unpaired) electrons. The Kier molecular flexibility index (Phi) is 3.96. The minimum absolute atomic E-state index is 0.131. The monoisotopic (exact) mass is 345 g/mol. The van der Waals surface area contributed by atoms with Gasteiger partial charge in [0.15, 0.2) is 0 Å². The normalized spacial score (nSPS) is 23.0. The topological polar surface area (TPSA) is 47.4 Å². The highest BCUT2D eigenvalue weighted by Gasteiger charge is 2.36. The number of carbonyl (C=O) groups excluding carboxylic acids is 1. The highest BCUT2D eigenvalue weighted by molar-refractivity contribution is 6.30. The molecule has 1 aromatic heterocycles. The molecule has 0 bridgehead atoms. The maximum atomic E-state index is 13.1. The van der Waals surface area contributed by atoms with Crippen LogP contribution in [0.1, 0.15) is 30.0 Å². The summed E-state index contributed by atoms with van der Waals surface area (Å²) < 4.78 is 7.58. The molecule has 0 saturated carbocycles. The maximum absolute atomic E-state index is 13.1. The molecule has 0 aliphatic carbocycles. The maximum Gasteiger partial charge on any atom is 0.229 e. The number of carbonyl (C=O) groups is 1. The first-order chi connectivity index (χ1) is 11.6. The van der Waals surface area contributed by atoms with Crippen molar-refractivity contribution in [3.8, 4) is 5.75 Å². The average Bonchev–Trinajstić information content (AvgIpc) is 3.22. The first-order valence-electron chi connectivity index (χ1n) is 8.32. The van der Waals surface area contributed by atoms with Gasteiger partial charge in [-0.15, -0.1) is 0 Å². The second kappa shape index (κ2) is 6.13. The van der Waals surface area contributed by atoms with Crippen LogP contribution < -0.4 is 4.74 Å². The Labute approximate surface area is 146 Å². The summed E-state index contributed by atoms with van der Waals surface area (Å²) in [6, 6.07) is 5.74. The summed E-state index contributed by atoms with van der Waals surface area (Å²) in [5.74, 6) is 0.869. The molecule has 0 unspecified atom stereocenters. The number of likely N-dealkylation sites (tertiary alicyclic amines) is 1. The Bertz CT molecular complexity index is 773. The molecule has 0 N–H and O–H groups in total. The summed E-state index contributed by atoms with van der Waals surface area (Å²) in [6.45, 7) is 1.24. The van der Waals surface area contributed by atoms with Crippen LogP contribution in [0.5, 0.6) is 5.75 Å². The number of aromatic nitrogens is 2. The van der Waals surface area contributed by atoms with Crippen LogP contribution >= 0.6 is 11.6 Å². The van der Waals surface area contributed by atoms with Crippen molar-refractivity contribution in [2.45, 2.75) is 25.3 Å². The van der Waals surface area contributed by atoms with E-state index >= 15 is 0 Å². The minimum Gasteiger partial charge on any atom is -0.492 e. The summed E-state index contributed by atoms with van der Waals surface area (Å²) >= 11 is 6.08. The van der Waals surface area contributed by atoms with Crippen LogP contribution in [0.2, 0.25) is 5.02 Å². The molecule has 1 amide bonds. The van der Waals surface area contributed by atoms with Crippen molar-refractivity contribution in [2.24, 2.45) is 13.0 Å². The van der Waals surface area contributed by atoms with E-state index < -0.39 is 0 Å². The molecule has 24 heavy (non-hydrogen) atoms. The largest absolute Gasteiger partial charge is 0.492 e. The van der Waals surface area contributed by atoms with E-state index in [9.17, 15) is 4.79 Å². The van der Waals surface area contributed by atoms with Gasteiger partial charge in [0.25, 0.3) is 0 Å². The molecule has 3 heterocycles. The SMILES string of the molecule is Cn1cc([C@H]2CCCN2C(=O)[C@@H]2COc3ccc(Cl)cc3C2)cn1. The van der Waals surface area contributed by atoms with E-state index in [0.717, 1.165) is 36.3 Å². The Morgan fingerprint density at radius 2 is 2.29 bits per heavy atom. The molecule has 1 aromatic carbocycles. The highest BCUT2D eigenvalue weighted by atomic mass is 35.5. The number of aryl methyl sites for hydroxylation is 1. The number of hydrogen-bond donors (Lipinski definition) is 0. The predicted octanol–water partition coefficient (Wildman–Crippen LogP) is 2.99. The Balaban J connectivity index is 1.53. The molecule has 1 saturated heterocycles. The molecular weight excluding hydrogens is 326 g/mol. The Morgan fingerprint density at radius 1 is 1.42 bits per heavy atom. The van der Waals surface area contributed by atoms with Crippen molar-refractivity contribution in [3.63, 3.8) is 0 Å². The molecule has 2 aliphatic heterocycles. The van der Waals surface area contributed by atoms with Gasteiger partial charge in [0, 0.05) is 30.4 Å². The number of hydrogen-bond acceptors (Lipinski definition) is 3. The predicted molar refractivity (Wildman–Crippen MR) is 91.0 cm³/mol. The van der Waals surface area contributed by atoms with Gasteiger partial charge >= 0.3 is 0 Å². The van der Waals surface area contributed by atoms with Gasteiger partial charge in [-0.3, -0.25) is 9.48 Å². The number of nitrogens with zero attached hydrogens (tertiary/aromatic N) is 3. The molecule has 1 fully saturated rings. The average molecular weight is 346 g/mol. The fourth-order valence-electron chi connectivity index (χ4n) is 3.75. The van der Waals surface area contributed by atoms with Gasteiger partial charge in [0.1, 0.15) is 12.4 Å². The van der Waals surface area contributed by atoms with E-state index in [1.807, 2.05) is 42.5 Å². The summed E-state index contributed by atoms with van der Waals surface area (Å²) in [6.07, 6.45) is 6.57. The van der Waals surface area contributed by atoms with Crippen LogP contribution in [0.25, 0.3) is 0 Å². The van der Waals surface area contributed by atoms with Crippen LogP contribution in [-0.2, 0) is 18.3 Å². The zero-order chi connectivity index (χ0) is 16.7.